The van der Waals surface area contributed by atoms with Gasteiger partial charge in [-0.05, 0) is 45.7 Å². The highest BCUT2D eigenvalue weighted by Crippen LogP contribution is 2.12. The number of ether oxygens (including phenoxy) is 1. The van der Waals surface area contributed by atoms with E-state index in [9.17, 15) is 4.79 Å². The Morgan fingerprint density at radius 1 is 1.27 bits per heavy atom. The first-order valence-electron chi connectivity index (χ1n) is 7.31. The number of nitrogens with two attached hydrogens (primary N) is 1. The molecule has 0 bridgehead atoms. The summed E-state index contributed by atoms with van der Waals surface area (Å²) in [4.78, 5) is 20.6. The Kier molecular flexibility index (Phi) is 4.80. The Balaban J connectivity index is 1.92. The van der Waals surface area contributed by atoms with Crippen molar-refractivity contribution in [2.75, 3.05) is 5.73 Å². The minimum atomic E-state index is -0.521. The summed E-state index contributed by atoms with van der Waals surface area (Å²) >= 11 is 0. The van der Waals surface area contributed by atoms with E-state index in [1.807, 2.05) is 32.9 Å². The molecule has 2 heterocycles. The van der Waals surface area contributed by atoms with Crippen LogP contribution in [0.2, 0.25) is 0 Å². The summed E-state index contributed by atoms with van der Waals surface area (Å²) in [6.45, 7) is 5.52. The maximum atomic E-state index is 12.1. The van der Waals surface area contributed by atoms with Crippen LogP contribution in [0, 0.1) is 0 Å². The highest BCUT2D eigenvalue weighted by molar-refractivity contribution is 5.71. The quantitative estimate of drug-likeness (QED) is 0.939. The number of rotatable bonds is 4. The minimum absolute atomic E-state index is 0.398. The molecule has 118 valence electrons. The van der Waals surface area contributed by atoms with Crippen molar-refractivity contribution in [1.29, 1.82) is 0 Å². The van der Waals surface area contributed by atoms with Gasteiger partial charge in [0.05, 0.1) is 11.9 Å². The molecule has 0 aliphatic heterocycles. The van der Waals surface area contributed by atoms with E-state index in [2.05, 4.69) is 9.97 Å². The predicted molar refractivity (Wildman–Crippen MR) is 84.5 cm³/mol. The number of anilines is 1. The lowest BCUT2D eigenvalue weighted by atomic mass is 10.1. The molecule has 0 atom stereocenters. The Labute approximate surface area is 130 Å². The second-order valence-electron chi connectivity index (χ2n) is 6.13. The normalized spacial score (nSPS) is 11.4. The molecule has 2 N–H and O–H groups in total. The topological polar surface area (TPSA) is 83.0 Å². The minimum Gasteiger partial charge on any atom is -0.443 e. The van der Waals surface area contributed by atoms with Gasteiger partial charge >= 0.3 is 6.09 Å². The van der Waals surface area contributed by atoms with Gasteiger partial charge in [-0.2, -0.15) is 0 Å². The molecule has 0 unspecified atom stereocenters. The summed E-state index contributed by atoms with van der Waals surface area (Å²) in [6.07, 6.45) is 6.82. The highest BCUT2D eigenvalue weighted by atomic mass is 16.6. The first-order chi connectivity index (χ1) is 10.3. The summed E-state index contributed by atoms with van der Waals surface area (Å²) in [7, 11) is 0. The number of imidazole rings is 1. The molecule has 0 fully saturated rings. The van der Waals surface area contributed by atoms with E-state index in [1.165, 1.54) is 4.57 Å². The number of carbonyl (C=O) groups is 1. The third-order valence-electron chi connectivity index (χ3n) is 2.99. The summed E-state index contributed by atoms with van der Waals surface area (Å²) in [5, 5.41) is 0. The number of pyridine rings is 1. The summed E-state index contributed by atoms with van der Waals surface area (Å²) in [6, 6.07) is 3.75. The molecular formula is C16H22N4O2. The number of nitrogens with zero attached hydrogens (tertiary/aromatic N) is 3. The molecule has 2 aromatic rings. The van der Waals surface area contributed by atoms with Crippen molar-refractivity contribution in [3.8, 4) is 0 Å². The monoisotopic (exact) mass is 302 g/mol. The van der Waals surface area contributed by atoms with E-state index >= 15 is 0 Å². The molecule has 2 aromatic heterocycles. The van der Waals surface area contributed by atoms with Crippen LogP contribution in [0.25, 0.3) is 0 Å². The van der Waals surface area contributed by atoms with Crippen LogP contribution in [0.3, 0.4) is 0 Å². The summed E-state index contributed by atoms with van der Waals surface area (Å²) in [5.41, 5.74) is 6.72. The lowest BCUT2D eigenvalue weighted by Gasteiger charge is -2.20. The van der Waals surface area contributed by atoms with Crippen molar-refractivity contribution >= 4 is 11.8 Å². The maximum Gasteiger partial charge on any atom is 0.419 e. The van der Waals surface area contributed by atoms with E-state index in [0.29, 0.717) is 17.9 Å². The molecule has 22 heavy (non-hydrogen) atoms. The molecule has 0 aromatic carbocycles. The lowest BCUT2D eigenvalue weighted by Crippen LogP contribution is -2.27. The fraction of sp³-hybridized carbons (Fsp3) is 0.438. The highest BCUT2D eigenvalue weighted by Gasteiger charge is 2.19. The molecule has 0 aliphatic carbocycles. The molecule has 0 saturated heterocycles. The van der Waals surface area contributed by atoms with Gasteiger partial charge in [0.1, 0.15) is 11.4 Å². The second-order valence-corrected chi connectivity index (χ2v) is 6.13. The van der Waals surface area contributed by atoms with Gasteiger partial charge in [0.15, 0.2) is 0 Å². The Morgan fingerprint density at radius 3 is 2.68 bits per heavy atom. The number of hydrogen-bond acceptors (Lipinski definition) is 5. The van der Waals surface area contributed by atoms with E-state index in [4.69, 9.17) is 10.5 Å². The van der Waals surface area contributed by atoms with Crippen molar-refractivity contribution in [2.45, 2.75) is 45.6 Å². The average molecular weight is 302 g/mol. The molecule has 2 rings (SSSR count). The number of nitrogen functional groups attached to an aromatic ring is 1. The van der Waals surface area contributed by atoms with Crippen molar-refractivity contribution < 1.29 is 9.53 Å². The lowest BCUT2D eigenvalue weighted by molar-refractivity contribution is 0.0531. The first-order valence-corrected chi connectivity index (χ1v) is 7.31. The third-order valence-corrected chi connectivity index (χ3v) is 2.99. The fourth-order valence-corrected chi connectivity index (χ4v) is 2.01. The van der Waals surface area contributed by atoms with E-state index < -0.39 is 11.7 Å². The molecular weight excluding hydrogens is 280 g/mol. The SMILES string of the molecule is CC(C)(C)OC(=O)n1ccnc1CCCc1ccc(N)cn1. The molecule has 6 heteroatoms. The fourth-order valence-electron chi connectivity index (χ4n) is 2.01. The predicted octanol–water partition coefficient (Wildman–Crippen LogP) is 2.82. The molecule has 0 spiro atoms. The average Bonchev–Trinajstić information content (AvgIpc) is 2.88. The summed E-state index contributed by atoms with van der Waals surface area (Å²) < 4.78 is 6.82. The molecule has 0 saturated carbocycles. The Morgan fingerprint density at radius 2 is 2.05 bits per heavy atom. The number of carbonyl (C=O) groups excluding carboxylic acids is 1. The van der Waals surface area contributed by atoms with Crippen LogP contribution in [0.5, 0.6) is 0 Å². The maximum absolute atomic E-state index is 12.1. The Bertz CT molecular complexity index is 626. The van der Waals surface area contributed by atoms with Gasteiger partial charge in [0.2, 0.25) is 0 Å². The van der Waals surface area contributed by atoms with Gasteiger partial charge in [0, 0.05) is 24.5 Å². The number of aryl methyl sites for hydroxylation is 2. The smallest absolute Gasteiger partial charge is 0.419 e. The van der Waals surface area contributed by atoms with Gasteiger partial charge in [-0.3, -0.25) is 4.98 Å². The first kappa shape index (κ1) is 16.0. The second kappa shape index (κ2) is 6.60. The molecule has 6 nitrogen and oxygen atoms in total. The van der Waals surface area contributed by atoms with Gasteiger partial charge in [-0.15, -0.1) is 0 Å². The van der Waals surface area contributed by atoms with Crippen LogP contribution in [-0.2, 0) is 17.6 Å². The van der Waals surface area contributed by atoms with Gasteiger partial charge in [0.25, 0.3) is 0 Å². The van der Waals surface area contributed by atoms with E-state index in [1.54, 1.807) is 18.6 Å². The summed E-state index contributed by atoms with van der Waals surface area (Å²) in [5.74, 6) is 0.699. The van der Waals surface area contributed by atoms with Crippen LogP contribution in [0.1, 0.15) is 38.7 Å². The molecule has 0 aliphatic rings. The van der Waals surface area contributed by atoms with Crippen molar-refractivity contribution in [2.24, 2.45) is 0 Å². The van der Waals surface area contributed by atoms with Crippen molar-refractivity contribution in [3.63, 3.8) is 0 Å². The van der Waals surface area contributed by atoms with E-state index in [-0.39, 0.29) is 0 Å². The van der Waals surface area contributed by atoms with Crippen LogP contribution in [0.15, 0.2) is 30.7 Å². The Hall–Kier alpha value is -2.37. The van der Waals surface area contributed by atoms with Gasteiger partial charge in [-0.25, -0.2) is 14.3 Å². The van der Waals surface area contributed by atoms with Crippen LogP contribution >= 0.6 is 0 Å². The zero-order chi connectivity index (χ0) is 16.2. The van der Waals surface area contributed by atoms with Crippen molar-refractivity contribution in [3.05, 3.63) is 42.2 Å². The molecule has 0 amide bonds. The van der Waals surface area contributed by atoms with Crippen LogP contribution < -0.4 is 5.73 Å². The van der Waals surface area contributed by atoms with Crippen LogP contribution in [-0.4, -0.2) is 26.2 Å². The number of hydrogen-bond donors (Lipinski definition) is 1. The van der Waals surface area contributed by atoms with E-state index in [0.717, 1.165) is 18.5 Å². The zero-order valence-corrected chi connectivity index (χ0v) is 13.2. The third kappa shape index (κ3) is 4.58. The number of aromatic nitrogens is 3. The largest absolute Gasteiger partial charge is 0.443 e. The zero-order valence-electron chi connectivity index (χ0n) is 13.2. The molecule has 0 radical (unpaired) electrons. The standard InChI is InChI=1S/C16H22N4O2/c1-16(2,3)22-15(21)20-10-9-18-14(20)6-4-5-13-8-7-12(17)11-19-13/h7-11H,4-6,17H2,1-3H3. The van der Waals surface area contributed by atoms with Gasteiger partial charge in [-0.1, -0.05) is 0 Å². The van der Waals surface area contributed by atoms with Crippen molar-refractivity contribution in [1.82, 2.24) is 14.5 Å². The van der Waals surface area contributed by atoms with Gasteiger partial charge < -0.3 is 10.5 Å². The van der Waals surface area contributed by atoms with Crippen LogP contribution in [0.4, 0.5) is 10.5 Å².